The lowest BCUT2D eigenvalue weighted by Gasteiger charge is -2.42. The standard InChI is InChI=1S/C17H27ClN2O/c1-13-11-20(12-17(2,3)21-13)10-9-16(19-4)14-7-5-6-8-15(14)18/h5-8,13,16,19H,9-12H2,1-4H3. The van der Waals surface area contributed by atoms with Crippen LogP contribution in [0.3, 0.4) is 0 Å². The first-order chi connectivity index (χ1) is 9.91. The van der Waals surface area contributed by atoms with Crippen LogP contribution < -0.4 is 5.32 Å². The average molecular weight is 311 g/mol. The van der Waals surface area contributed by atoms with Crippen molar-refractivity contribution in [1.29, 1.82) is 0 Å². The van der Waals surface area contributed by atoms with Crippen LogP contribution in [0.15, 0.2) is 24.3 Å². The zero-order valence-corrected chi connectivity index (χ0v) is 14.3. The summed E-state index contributed by atoms with van der Waals surface area (Å²) in [6.07, 6.45) is 1.34. The Hall–Kier alpha value is -0.610. The maximum absolute atomic E-state index is 6.31. The fourth-order valence-electron chi connectivity index (χ4n) is 3.28. The lowest BCUT2D eigenvalue weighted by Crippen LogP contribution is -2.52. The van der Waals surface area contributed by atoms with Crippen molar-refractivity contribution in [2.45, 2.75) is 44.9 Å². The minimum absolute atomic E-state index is 0.0583. The first-order valence-electron chi connectivity index (χ1n) is 7.73. The number of hydrogen-bond acceptors (Lipinski definition) is 3. The van der Waals surface area contributed by atoms with Gasteiger partial charge in [-0.2, -0.15) is 0 Å². The van der Waals surface area contributed by atoms with Gasteiger partial charge in [0.2, 0.25) is 0 Å². The van der Waals surface area contributed by atoms with Gasteiger partial charge in [-0.1, -0.05) is 29.8 Å². The van der Waals surface area contributed by atoms with Crippen LogP contribution in [-0.4, -0.2) is 43.3 Å². The number of halogens is 1. The molecule has 2 rings (SSSR count). The number of rotatable bonds is 5. The van der Waals surface area contributed by atoms with E-state index in [4.69, 9.17) is 16.3 Å². The van der Waals surface area contributed by atoms with Crippen molar-refractivity contribution in [2.24, 2.45) is 0 Å². The molecule has 21 heavy (non-hydrogen) atoms. The minimum atomic E-state index is -0.0583. The van der Waals surface area contributed by atoms with E-state index in [9.17, 15) is 0 Å². The van der Waals surface area contributed by atoms with Crippen LogP contribution >= 0.6 is 11.6 Å². The molecule has 0 aliphatic carbocycles. The Kier molecular flexibility index (Phi) is 5.67. The molecule has 0 radical (unpaired) electrons. The molecule has 1 aromatic rings. The van der Waals surface area contributed by atoms with Gasteiger partial charge >= 0.3 is 0 Å². The van der Waals surface area contributed by atoms with Crippen molar-refractivity contribution >= 4 is 11.6 Å². The summed E-state index contributed by atoms with van der Waals surface area (Å²) in [5.41, 5.74) is 1.12. The zero-order chi connectivity index (χ0) is 15.5. The van der Waals surface area contributed by atoms with Gasteiger partial charge in [-0.15, -0.1) is 0 Å². The second-order valence-corrected chi connectivity index (χ2v) is 6.98. The molecule has 0 saturated carbocycles. The molecule has 1 heterocycles. The SMILES string of the molecule is CNC(CCN1CC(C)OC(C)(C)C1)c1ccccc1Cl. The van der Waals surface area contributed by atoms with Gasteiger partial charge in [-0.05, 0) is 45.9 Å². The normalized spacial score (nSPS) is 24.0. The van der Waals surface area contributed by atoms with Crippen molar-refractivity contribution in [3.05, 3.63) is 34.9 Å². The van der Waals surface area contributed by atoms with Crippen LogP contribution in [0.4, 0.5) is 0 Å². The van der Waals surface area contributed by atoms with Crippen molar-refractivity contribution in [1.82, 2.24) is 10.2 Å². The van der Waals surface area contributed by atoms with Gasteiger partial charge in [0.25, 0.3) is 0 Å². The van der Waals surface area contributed by atoms with Crippen LogP contribution in [0.2, 0.25) is 5.02 Å². The Morgan fingerprint density at radius 2 is 2.14 bits per heavy atom. The summed E-state index contributed by atoms with van der Waals surface area (Å²) < 4.78 is 5.96. The molecule has 1 aliphatic heterocycles. The molecular formula is C17H27ClN2O. The highest BCUT2D eigenvalue weighted by atomic mass is 35.5. The van der Waals surface area contributed by atoms with Crippen LogP contribution in [0.1, 0.15) is 38.8 Å². The molecule has 0 bridgehead atoms. The lowest BCUT2D eigenvalue weighted by molar-refractivity contribution is -0.129. The number of nitrogens with one attached hydrogen (secondary N) is 1. The molecule has 1 saturated heterocycles. The van der Waals surface area contributed by atoms with E-state index in [-0.39, 0.29) is 5.60 Å². The van der Waals surface area contributed by atoms with E-state index >= 15 is 0 Å². The molecule has 4 heteroatoms. The zero-order valence-electron chi connectivity index (χ0n) is 13.5. The molecule has 0 amide bonds. The summed E-state index contributed by atoms with van der Waals surface area (Å²) in [6.45, 7) is 9.52. The van der Waals surface area contributed by atoms with E-state index < -0.39 is 0 Å². The third kappa shape index (κ3) is 4.68. The van der Waals surface area contributed by atoms with Gasteiger partial charge in [0.15, 0.2) is 0 Å². The number of hydrogen-bond donors (Lipinski definition) is 1. The predicted octanol–water partition coefficient (Wildman–Crippen LogP) is 3.49. The van der Waals surface area contributed by atoms with Gasteiger partial charge in [0.1, 0.15) is 0 Å². The maximum atomic E-state index is 6.31. The number of ether oxygens (including phenoxy) is 1. The topological polar surface area (TPSA) is 24.5 Å². The lowest BCUT2D eigenvalue weighted by atomic mass is 10.0. The molecular weight excluding hydrogens is 284 g/mol. The number of benzene rings is 1. The fourth-order valence-corrected chi connectivity index (χ4v) is 3.55. The van der Waals surface area contributed by atoms with Crippen molar-refractivity contribution in [3.63, 3.8) is 0 Å². The summed E-state index contributed by atoms with van der Waals surface area (Å²) >= 11 is 6.31. The summed E-state index contributed by atoms with van der Waals surface area (Å²) in [5, 5.41) is 4.23. The van der Waals surface area contributed by atoms with Crippen LogP contribution in [-0.2, 0) is 4.74 Å². The van der Waals surface area contributed by atoms with Crippen LogP contribution in [0.5, 0.6) is 0 Å². The van der Waals surface area contributed by atoms with E-state index in [1.807, 2.05) is 25.2 Å². The van der Waals surface area contributed by atoms with Crippen LogP contribution in [0.25, 0.3) is 0 Å². The Labute approximate surface area is 133 Å². The first kappa shape index (κ1) is 16.8. The van der Waals surface area contributed by atoms with E-state index in [1.54, 1.807) is 0 Å². The summed E-state index contributed by atoms with van der Waals surface area (Å²) in [6, 6.07) is 8.38. The minimum Gasteiger partial charge on any atom is -0.370 e. The molecule has 1 N–H and O–H groups in total. The van der Waals surface area contributed by atoms with Gasteiger partial charge in [-0.3, -0.25) is 4.90 Å². The van der Waals surface area contributed by atoms with E-state index in [1.165, 1.54) is 5.56 Å². The molecule has 118 valence electrons. The second kappa shape index (κ2) is 7.10. The summed E-state index contributed by atoms with van der Waals surface area (Å²) in [4.78, 5) is 2.50. The Morgan fingerprint density at radius 1 is 1.43 bits per heavy atom. The van der Waals surface area contributed by atoms with Crippen molar-refractivity contribution < 1.29 is 4.74 Å². The van der Waals surface area contributed by atoms with Gasteiger partial charge in [0.05, 0.1) is 11.7 Å². The van der Waals surface area contributed by atoms with Crippen molar-refractivity contribution in [2.75, 3.05) is 26.7 Å². The predicted molar refractivity (Wildman–Crippen MR) is 88.9 cm³/mol. The molecule has 1 fully saturated rings. The molecule has 1 aliphatic rings. The number of nitrogens with zero attached hydrogens (tertiary/aromatic N) is 1. The highest BCUT2D eigenvalue weighted by Gasteiger charge is 2.31. The van der Waals surface area contributed by atoms with E-state index in [0.29, 0.717) is 12.1 Å². The van der Waals surface area contributed by atoms with E-state index in [0.717, 1.165) is 31.1 Å². The van der Waals surface area contributed by atoms with Crippen LogP contribution in [0, 0.1) is 0 Å². The van der Waals surface area contributed by atoms with Gasteiger partial charge < -0.3 is 10.1 Å². The smallest absolute Gasteiger partial charge is 0.0757 e. The third-order valence-corrected chi connectivity index (χ3v) is 4.35. The Morgan fingerprint density at radius 3 is 2.76 bits per heavy atom. The monoisotopic (exact) mass is 310 g/mol. The maximum Gasteiger partial charge on any atom is 0.0757 e. The molecule has 0 aromatic heterocycles. The molecule has 2 atom stereocenters. The highest BCUT2D eigenvalue weighted by Crippen LogP contribution is 2.26. The Bertz CT molecular complexity index is 464. The summed E-state index contributed by atoms with van der Waals surface area (Å²) in [5.74, 6) is 0. The highest BCUT2D eigenvalue weighted by molar-refractivity contribution is 6.31. The number of morpholine rings is 1. The average Bonchev–Trinajstić information content (AvgIpc) is 2.39. The molecule has 1 aromatic carbocycles. The van der Waals surface area contributed by atoms with Crippen molar-refractivity contribution in [3.8, 4) is 0 Å². The second-order valence-electron chi connectivity index (χ2n) is 6.57. The first-order valence-corrected chi connectivity index (χ1v) is 8.11. The fraction of sp³-hybridized carbons (Fsp3) is 0.647. The molecule has 3 nitrogen and oxygen atoms in total. The van der Waals surface area contributed by atoms with E-state index in [2.05, 4.69) is 37.1 Å². The third-order valence-electron chi connectivity index (χ3n) is 4.00. The molecule has 2 unspecified atom stereocenters. The van der Waals surface area contributed by atoms with Gasteiger partial charge in [-0.25, -0.2) is 0 Å². The molecule has 0 spiro atoms. The van der Waals surface area contributed by atoms with Gasteiger partial charge in [0, 0.05) is 30.7 Å². The Balaban J connectivity index is 1.96. The summed E-state index contributed by atoms with van der Waals surface area (Å²) in [7, 11) is 2.00. The largest absolute Gasteiger partial charge is 0.370 e. The quantitative estimate of drug-likeness (QED) is 0.901.